The van der Waals surface area contributed by atoms with Gasteiger partial charge in [-0.15, -0.1) is 12.4 Å². The van der Waals surface area contributed by atoms with Crippen LogP contribution < -0.4 is 15.8 Å². The predicted octanol–water partition coefficient (Wildman–Crippen LogP) is 3.07. The summed E-state index contributed by atoms with van der Waals surface area (Å²) in [5.74, 6) is -2.57. The Morgan fingerprint density at radius 1 is 1.21 bits per heavy atom. The van der Waals surface area contributed by atoms with Crippen molar-refractivity contribution in [2.75, 3.05) is 13.7 Å². The molecule has 2 aromatic carbocycles. The molecule has 6 nitrogen and oxygen atoms in total. The first kappa shape index (κ1) is 23.3. The van der Waals surface area contributed by atoms with Gasteiger partial charge < -0.3 is 20.5 Å². The van der Waals surface area contributed by atoms with E-state index in [1.165, 1.54) is 7.11 Å². The molecule has 9 heteroatoms. The van der Waals surface area contributed by atoms with Crippen molar-refractivity contribution >= 4 is 24.1 Å². The van der Waals surface area contributed by atoms with Crippen molar-refractivity contribution in [1.29, 1.82) is 5.41 Å². The number of ether oxygens (including phenoxy) is 2. The summed E-state index contributed by atoms with van der Waals surface area (Å²) < 4.78 is 38.7. The van der Waals surface area contributed by atoms with Crippen LogP contribution in [-0.2, 0) is 16.1 Å². The number of carbonyl (C=O) groups excluding carboxylic acids is 1. The molecule has 0 saturated carbocycles. The predicted molar refractivity (Wildman–Crippen MR) is 104 cm³/mol. The number of amides is 1. The highest BCUT2D eigenvalue weighted by Gasteiger charge is 2.28. The number of hydrogen-bond acceptors (Lipinski definition) is 4. The largest absolute Gasteiger partial charge is 0.497 e. The maximum Gasteiger partial charge on any atom is 0.254 e. The molecule has 0 aromatic heterocycles. The van der Waals surface area contributed by atoms with Crippen molar-refractivity contribution in [3.63, 3.8) is 0 Å². The fraction of sp³-hybridized carbons (Fsp3) is 0.263. The molecular formula is C19H22ClF2N3O3. The fourth-order valence-corrected chi connectivity index (χ4v) is 2.47. The minimum absolute atomic E-state index is 0. The van der Waals surface area contributed by atoms with Crippen LogP contribution in [0, 0.1) is 17.0 Å². The average Bonchev–Trinajstić information content (AvgIpc) is 2.65. The Labute approximate surface area is 167 Å². The molecule has 4 N–H and O–H groups in total. The molecule has 2 rings (SSSR count). The Hall–Kier alpha value is -2.71. The minimum Gasteiger partial charge on any atom is -0.497 e. The van der Waals surface area contributed by atoms with Gasteiger partial charge in [0.1, 0.15) is 23.2 Å². The molecule has 1 unspecified atom stereocenters. The normalized spacial score (nSPS) is 11.3. The SMILES string of the molecule is CCOC(C(=O)NCc1ccc(C(=N)N)cc1)c1c(F)cc(OC)cc1F.Cl. The Morgan fingerprint density at radius 3 is 2.25 bits per heavy atom. The first-order valence-corrected chi connectivity index (χ1v) is 8.23. The van der Waals surface area contributed by atoms with Gasteiger partial charge in [-0.05, 0) is 12.5 Å². The highest BCUT2D eigenvalue weighted by Crippen LogP contribution is 2.28. The highest BCUT2D eigenvalue weighted by atomic mass is 35.5. The zero-order valence-electron chi connectivity index (χ0n) is 15.4. The van der Waals surface area contributed by atoms with Gasteiger partial charge in [-0.2, -0.15) is 0 Å². The molecule has 28 heavy (non-hydrogen) atoms. The van der Waals surface area contributed by atoms with Crippen molar-refractivity contribution < 1.29 is 23.0 Å². The summed E-state index contributed by atoms with van der Waals surface area (Å²) in [6.45, 7) is 1.84. The topological polar surface area (TPSA) is 97.4 Å². The summed E-state index contributed by atoms with van der Waals surface area (Å²) in [6.07, 6.45) is -1.43. The third-order valence-corrected chi connectivity index (χ3v) is 3.85. The van der Waals surface area contributed by atoms with Gasteiger partial charge >= 0.3 is 0 Å². The molecule has 2 aromatic rings. The van der Waals surface area contributed by atoms with Gasteiger partial charge in [0.15, 0.2) is 6.10 Å². The lowest BCUT2D eigenvalue weighted by atomic mass is 10.1. The van der Waals surface area contributed by atoms with Crippen LogP contribution in [0.1, 0.15) is 29.7 Å². The van der Waals surface area contributed by atoms with Crippen molar-refractivity contribution in [2.45, 2.75) is 19.6 Å². The Balaban J connectivity index is 0.00000392. The van der Waals surface area contributed by atoms with Crippen LogP contribution in [0.25, 0.3) is 0 Å². The quantitative estimate of drug-likeness (QED) is 0.457. The monoisotopic (exact) mass is 413 g/mol. The molecule has 1 atom stereocenters. The summed E-state index contributed by atoms with van der Waals surface area (Å²) in [5.41, 5.74) is 6.21. The van der Waals surface area contributed by atoms with Crippen LogP contribution in [0.4, 0.5) is 8.78 Å². The average molecular weight is 414 g/mol. The number of nitrogens with two attached hydrogens (primary N) is 1. The summed E-state index contributed by atoms with van der Waals surface area (Å²) in [6, 6.07) is 8.68. The summed E-state index contributed by atoms with van der Waals surface area (Å²) in [5, 5.41) is 9.96. The van der Waals surface area contributed by atoms with Gasteiger partial charge in [-0.25, -0.2) is 8.78 Å². The molecular weight excluding hydrogens is 392 g/mol. The second kappa shape index (κ2) is 10.6. The number of rotatable bonds is 8. The van der Waals surface area contributed by atoms with Crippen molar-refractivity contribution in [3.8, 4) is 5.75 Å². The van der Waals surface area contributed by atoms with Gasteiger partial charge in [-0.3, -0.25) is 10.2 Å². The van der Waals surface area contributed by atoms with E-state index in [9.17, 15) is 13.6 Å². The van der Waals surface area contributed by atoms with Crippen LogP contribution in [0.2, 0.25) is 0 Å². The van der Waals surface area contributed by atoms with E-state index in [1.807, 2.05) is 0 Å². The van der Waals surface area contributed by atoms with Crippen LogP contribution in [0.15, 0.2) is 36.4 Å². The second-order valence-corrected chi connectivity index (χ2v) is 5.67. The van der Waals surface area contributed by atoms with E-state index in [0.717, 1.165) is 17.7 Å². The number of carbonyl (C=O) groups is 1. The minimum atomic E-state index is -1.43. The third-order valence-electron chi connectivity index (χ3n) is 3.85. The van der Waals surface area contributed by atoms with E-state index >= 15 is 0 Å². The lowest BCUT2D eigenvalue weighted by Gasteiger charge is -2.19. The van der Waals surface area contributed by atoms with E-state index in [4.69, 9.17) is 20.6 Å². The van der Waals surface area contributed by atoms with Gasteiger partial charge in [0.05, 0.1) is 12.7 Å². The van der Waals surface area contributed by atoms with Crippen molar-refractivity contribution in [1.82, 2.24) is 5.32 Å². The number of benzene rings is 2. The first-order valence-electron chi connectivity index (χ1n) is 8.23. The Morgan fingerprint density at radius 2 is 1.79 bits per heavy atom. The number of amidine groups is 1. The van der Waals surface area contributed by atoms with Crippen LogP contribution in [0.5, 0.6) is 5.75 Å². The molecule has 0 heterocycles. The van der Waals surface area contributed by atoms with Crippen molar-refractivity contribution in [2.24, 2.45) is 5.73 Å². The number of nitrogen functional groups attached to an aromatic ring is 1. The molecule has 0 saturated heterocycles. The fourth-order valence-electron chi connectivity index (χ4n) is 2.47. The maximum atomic E-state index is 14.3. The molecule has 0 bridgehead atoms. The molecule has 0 aliphatic heterocycles. The lowest BCUT2D eigenvalue weighted by Crippen LogP contribution is -2.31. The number of nitrogens with one attached hydrogen (secondary N) is 2. The summed E-state index contributed by atoms with van der Waals surface area (Å²) in [7, 11) is 1.29. The molecule has 1 amide bonds. The van der Waals surface area contributed by atoms with E-state index in [1.54, 1.807) is 31.2 Å². The molecule has 0 radical (unpaired) electrons. The van der Waals surface area contributed by atoms with E-state index in [2.05, 4.69) is 5.32 Å². The zero-order chi connectivity index (χ0) is 20.0. The second-order valence-electron chi connectivity index (χ2n) is 5.67. The van der Waals surface area contributed by atoms with Crippen LogP contribution in [0.3, 0.4) is 0 Å². The summed E-state index contributed by atoms with van der Waals surface area (Å²) in [4.78, 5) is 12.5. The van der Waals surface area contributed by atoms with Gasteiger partial charge in [0, 0.05) is 30.8 Å². The Bertz CT molecular complexity index is 809. The van der Waals surface area contributed by atoms with Crippen LogP contribution >= 0.6 is 12.4 Å². The molecule has 0 fully saturated rings. The molecule has 0 spiro atoms. The first-order chi connectivity index (χ1) is 12.9. The maximum absolute atomic E-state index is 14.3. The molecule has 152 valence electrons. The standard InChI is InChI=1S/C19H21F2N3O3.ClH/c1-3-27-17(16-14(20)8-13(26-2)9-15(16)21)19(25)24-10-11-4-6-12(7-5-11)18(22)23;/h4-9,17H,3,10H2,1-2H3,(H3,22,23)(H,24,25);1H. The van der Waals surface area contributed by atoms with E-state index in [0.29, 0.717) is 5.56 Å². The van der Waals surface area contributed by atoms with Gasteiger partial charge in [0.25, 0.3) is 5.91 Å². The summed E-state index contributed by atoms with van der Waals surface area (Å²) >= 11 is 0. The van der Waals surface area contributed by atoms with Gasteiger partial charge in [-0.1, -0.05) is 24.3 Å². The van der Waals surface area contributed by atoms with E-state index in [-0.39, 0.29) is 37.1 Å². The van der Waals surface area contributed by atoms with Crippen LogP contribution in [-0.4, -0.2) is 25.5 Å². The Kier molecular flexibility index (Phi) is 8.81. The molecule has 0 aliphatic rings. The van der Waals surface area contributed by atoms with E-state index < -0.39 is 29.2 Å². The van der Waals surface area contributed by atoms with Crippen molar-refractivity contribution in [3.05, 3.63) is 64.7 Å². The van der Waals surface area contributed by atoms with Gasteiger partial charge in [0.2, 0.25) is 0 Å². The number of halogens is 3. The molecule has 0 aliphatic carbocycles. The lowest BCUT2D eigenvalue weighted by molar-refractivity contribution is -0.133. The number of hydrogen-bond donors (Lipinski definition) is 3. The number of methoxy groups -OCH3 is 1. The highest BCUT2D eigenvalue weighted by molar-refractivity contribution is 5.94. The third kappa shape index (κ3) is 5.64. The smallest absolute Gasteiger partial charge is 0.254 e. The zero-order valence-corrected chi connectivity index (χ0v) is 16.2.